The lowest BCUT2D eigenvalue weighted by Crippen LogP contribution is -2.30. The summed E-state index contributed by atoms with van der Waals surface area (Å²) in [4.78, 5) is 24.7. The van der Waals surface area contributed by atoms with Crippen LogP contribution in [0.3, 0.4) is 0 Å². The van der Waals surface area contributed by atoms with Crippen LogP contribution in [-0.2, 0) is 26.1 Å². The Morgan fingerprint density at radius 1 is 1.06 bits per heavy atom. The molecule has 2 aromatic carbocycles. The van der Waals surface area contributed by atoms with Crippen molar-refractivity contribution >= 4 is 27.6 Å². The number of hydrogen-bond acceptors (Lipinski definition) is 8. The van der Waals surface area contributed by atoms with Gasteiger partial charge in [0.1, 0.15) is 5.76 Å². The standard InChI is InChI=1S/C22H20N2O8S/c1-14(21(25)24-16-6-9-19-20(11-16)31-13-30-19)32-22(26)15-4-7-18(8-5-15)33(27,28)23-12-17-3-2-10-29-17/h2-11,14,23H,12-13H2,1H3,(H,24,25). The van der Waals surface area contributed by atoms with E-state index in [-0.39, 0.29) is 23.8 Å². The van der Waals surface area contributed by atoms with E-state index in [1.165, 1.54) is 37.5 Å². The molecule has 4 rings (SSSR count). The Labute approximate surface area is 189 Å². The quantitative estimate of drug-likeness (QED) is 0.478. The number of carbonyl (C=O) groups is 2. The van der Waals surface area contributed by atoms with Crippen LogP contribution in [0.5, 0.6) is 11.5 Å². The number of ether oxygens (including phenoxy) is 3. The first-order valence-electron chi connectivity index (χ1n) is 9.85. The lowest BCUT2D eigenvalue weighted by atomic mass is 10.2. The third-order valence-electron chi connectivity index (χ3n) is 4.71. The highest BCUT2D eigenvalue weighted by atomic mass is 32.2. The summed E-state index contributed by atoms with van der Waals surface area (Å²) >= 11 is 0. The summed E-state index contributed by atoms with van der Waals surface area (Å²) in [6.45, 7) is 1.54. The Morgan fingerprint density at radius 3 is 2.55 bits per heavy atom. The molecule has 0 saturated carbocycles. The van der Waals surface area contributed by atoms with Crippen molar-refractivity contribution in [3.8, 4) is 11.5 Å². The van der Waals surface area contributed by atoms with E-state index in [4.69, 9.17) is 18.6 Å². The molecule has 0 radical (unpaired) electrons. The van der Waals surface area contributed by atoms with Crippen molar-refractivity contribution in [2.75, 3.05) is 12.1 Å². The minimum absolute atomic E-state index is 0.00484. The van der Waals surface area contributed by atoms with E-state index < -0.39 is 28.0 Å². The summed E-state index contributed by atoms with van der Waals surface area (Å²) in [5, 5.41) is 2.64. The fourth-order valence-electron chi connectivity index (χ4n) is 2.93. The van der Waals surface area contributed by atoms with Crippen molar-refractivity contribution < 1.29 is 36.6 Å². The Bertz CT molecular complexity index is 1250. The van der Waals surface area contributed by atoms with Gasteiger partial charge in [0.25, 0.3) is 5.91 Å². The van der Waals surface area contributed by atoms with Crippen LogP contribution >= 0.6 is 0 Å². The van der Waals surface area contributed by atoms with Crippen molar-refractivity contribution in [3.05, 3.63) is 72.2 Å². The highest BCUT2D eigenvalue weighted by Crippen LogP contribution is 2.34. The van der Waals surface area contributed by atoms with Gasteiger partial charge in [0, 0.05) is 11.8 Å². The maximum absolute atomic E-state index is 12.4. The van der Waals surface area contributed by atoms with Crippen LogP contribution in [0.2, 0.25) is 0 Å². The van der Waals surface area contributed by atoms with Gasteiger partial charge in [-0.15, -0.1) is 0 Å². The normalized spacial score (nSPS) is 13.4. The van der Waals surface area contributed by atoms with Gasteiger partial charge in [-0.05, 0) is 55.5 Å². The van der Waals surface area contributed by atoms with Crippen LogP contribution in [0.4, 0.5) is 5.69 Å². The fourth-order valence-corrected chi connectivity index (χ4v) is 3.93. The summed E-state index contributed by atoms with van der Waals surface area (Å²) in [5.74, 6) is 0.242. The van der Waals surface area contributed by atoms with Gasteiger partial charge in [0.2, 0.25) is 16.8 Å². The van der Waals surface area contributed by atoms with Crippen molar-refractivity contribution in [1.29, 1.82) is 0 Å². The Morgan fingerprint density at radius 2 is 1.82 bits per heavy atom. The topological polar surface area (TPSA) is 133 Å². The highest BCUT2D eigenvalue weighted by Gasteiger charge is 2.21. The largest absolute Gasteiger partial charge is 0.468 e. The molecular weight excluding hydrogens is 452 g/mol. The average molecular weight is 472 g/mol. The van der Waals surface area contributed by atoms with Crippen molar-refractivity contribution in [2.45, 2.75) is 24.5 Å². The molecule has 0 spiro atoms. The van der Waals surface area contributed by atoms with Crippen LogP contribution in [0.15, 0.2) is 70.2 Å². The number of carbonyl (C=O) groups excluding carboxylic acids is 2. The van der Waals surface area contributed by atoms with E-state index >= 15 is 0 Å². The maximum Gasteiger partial charge on any atom is 0.338 e. The van der Waals surface area contributed by atoms with Gasteiger partial charge in [0.15, 0.2) is 17.6 Å². The molecule has 1 aliphatic heterocycles. The molecule has 1 atom stereocenters. The maximum atomic E-state index is 12.4. The molecule has 0 bridgehead atoms. The van der Waals surface area contributed by atoms with Crippen LogP contribution in [0, 0.1) is 0 Å². The van der Waals surface area contributed by atoms with Crippen LogP contribution in [-0.4, -0.2) is 33.2 Å². The van der Waals surface area contributed by atoms with E-state index in [0.717, 1.165) is 0 Å². The number of nitrogens with one attached hydrogen (secondary N) is 2. The predicted octanol–water partition coefficient (Wildman–Crippen LogP) is 2.67. The Balaban J connectivity index is 1.33. The van der Waals surface area contributed by atoms with Gasteiger partial charge < -0.3 is 23.9 Å². The Kier molecular flexibility index (Phi) is 6.33. The molecule has 0 aliphatic carbocycles. The second-order valence-electron chi connectivity index (χ2n) is 7.03. The molecule has 2 heterocycles. The average Bonchev–Trinajstić information content (AvgIpc) is 3.49. The molecule has 0 saturated heterocycles. The van der Waals surface area contributed by atoms with Crippen molar-refractivity contribution in [3.63, 3.8) is 0 Å². The summed E-state index contributed by atoms with van der Waals surface area (Å²) in [7, 11) is -3.80. The zero-order chi connectivity index (χ0) is 23.4. The number of benzene rings is 2. The number of anilines is 1. The molecule has 11 heteroatoms. The zero-order valence-electron chi connectivity index (χ0n) is 17.4. The molecule has 1 amide bonds. The predicted molar refractivity (Wildman–Crippen MR) is 115 cm³/mol. The first kappa shape index (κ1) is 22.4. The minimum atomic E-state index is -3.80. The van der Waals surface area contributed by atoms with Crippen LogP contribution < -0.4 is 19.5 Å². The van der Waals surface area contributed by atoms with Gasteiger partial charge in [0.05, 0.1) is 23.3 Å². The number of esters is 1. The van der Waals surface area contributed by atoms with E-state index in [9.17, 15) is 18.0 Å². The van der Waals surface area contributed by atoms with Crippen molar-refractivity contribution in [1.82, 2.24) is 4.72 Å². The van der Waals surface area contributed by atoms with Gasteiger partial charge in [-0.25, -0.2) is 17.9 Å². The SMILES string of the molecule is CC(OC(=O)c1ccc(S(=O)(=O)NCc2ccco2)cc1)C(=O)Nc1ccc2c(c1)OCO2. The highest BCUT2D eigenvalue weighted by molar-refractivity contribution is 7.89. The second-order valence-corrected chi connectivity index (χ2v) is 8.80. The number of amides is 1. The van der Waals surface area contributed by atoms with Gasteiger partial charge in [-0.2, -0.15) is 0 Å². The first-order chi connectivity index (χ1) is 15.8. The summed E-state index contributed by atoms with van der Waals surface area (Å²) in [5.41, 5.74) is 0.562. The molecule has 33 heavy (non-hydrogen) atoms. The molecule has 0 fully saturated rings. The summed E-state index contributed by atoms with van der Waals surface area (Å²) < 4.78 is 47.9. The molecule has 10 nitrogen and oxygen atoms in total. The number of sulfonamides is 1. The van der Waals surface area contributed by atoms with Crippen molar-refractivity contribution in [2.24, 2.45) is 0 Å². The summed E-state index contributed by atoms with van der Waals surface area (Å²) in [6.07, 6.45) is 0.349. The zero-order valence-corrected chi connectivity index (χ0v) is 18.3. The number of furan rings is 1. The lowest BCUT2D eigenvalue weighted by Gasteiger charge is -2.14. The third-order valence-corrected chi connectivity index (χ3v) is 6.13. The molecule has 3 aromatic rings. The molecular formula is C22H20N2O8S. The molecule has 2 N–H and O–H groups in total. The fraction of sp³-hybridized carbons (Fsp3) is 0.182. The van der Waals surface area contributed by atoms with E-state index in [2.05, 4.69) is 10.0 Å². The van der Waals surface area contributed by atoms with E-state index in [0.29, 0.717) is 22.9 Å². The number of hydrogen-bond donors (Lipinski definition) is 2. The molecule has 1 unspecified atom stereocenters. The third kappa shape index (κ3) is 5.33. The Hall–Kier alpha value is -3.83. The molecule has 1 aromatic heterocycles. The monoisotopic (exact) mass is 472 g/mol. The second kappa shape index (κ2) is 9.35. The molecule has 172 valence electrons. The minimum Gasteiger partial charge on any atom is -0.468 e. The number of rotatable bonds is 8. The van der Waals surface area contributed by atoms with Crippen LogP contribution in [0.1, 0.15) is 23.0 Å². The molecule has 1 aliphatic rings. The van der Waals surface area contributed by atoms with Crippen LogP contribution in [0.25, 0.3) is 0 Å². The van der Waals surface area contributed by atoms with E-state index in [1.54, 1.807) is 30.3 Å². The smallest absolute Gasteiger partial charge is 0.338 e. The van der Waals surface area contributed by atoms with Gasteiger partial charge >= 0.3 is 5.97 Å². The number of fused-ring (bicyclic) bond motifs is 1. The van der Waals surface area contributed by atoms with Gasteiger partial charge in [-0.1, -0.05) is 0 Å². The van der Waals surface area contributed by atoms with Gasteiger partial charge in [-0.3, -0.25) is 4.79 Å². The lowest BCUT2D eigenvalue weighted by molar-refractivity contribution is -0.123. The first-order valence-corrected chi connectivity index (χ1v) is 11.3. The summed E-state index contributed by atoms with van der Waals surface area (Å²) in [6, 6.07) is 13.4. The van der Waals surface area contributed by atoms with E-state index in [1.807, 2.05) is 0 Å².